The minimum atomic E-state index is -0.174. The van der Waals surface area contributed by atoms with Crippen molar-refractivity contribution in [3.05, 3.63) is 76.6 Å². The van der Waals surface area contributed by atoms with Gasteiger partial charge in [0.1, 0.15) is 23.1 Å². The van der Waals surface area contributed by atoms with E-state index in [0.717, 1.165) is 12.8 Å². The van der Waals surface area contributed by atoms with Gasteiger partial charge in [0.05, 0.1) is 5.02 Å². The topological polar surface area (TPSA) is 100 Å². The quantitative estimate of drug-likeness (QED) is 0.311. The Morgan fingerprint density at radius 2 is 1.94 bits per heavy atom. The average Bonchev–Trinajstić information content (AvgIpc) is 2.78. The molecule has 0 spiro atoms. The van der Waals surface area contributed by atoms with Crippen LogP contribution in [0, 0.1) is 11.3 Å². The molecule has 0 bridgehead atoms. The van der Waals surface area contributed by atoms with Crippen LogP contribution in [0.2, 0.25) is 5.02 Å². The van der Waals surface area contributed by atoms with Crippen LogP contribution < -0.4 is 15.8 Å². The average molecular weight is 523 g/mol. The van der Waals surface area contributed by atoms with E-state index in [0.29, 0.717) is 33.8 Å². The van der Waals surface area contributed by atoms with Crippen molar-refractivity contribution in [1.29, 1.82) is 5.26 Å². The van der Waals surface area contributed by atoms with E-state index < -0.39 is 0 Å². The molecular formula is C28H31ClN4O2S. The molecule has 6 nitrogen and oxygen atoms in total. The molecule has 1 aliphatic heterocycles. The highest BCUT2D eigenvalue weighted by molar-refractivity contribution is 8.02. The molecule has 36 heavy (non-hydrogen) atoms. The number of nitrogens with zero attached hydrogens (tertiary/aromatic N) is 2. The highest BCUT2D eigenvalue weighted by atomic mass is 35.5. The first-order valence-electron chi connectivity index (χ1n) is 11.5. The number of nitriles is 1. The van der Waals surface area contributed by atoms with Gasteiger partial charge in [-0.25, -0.2) is 0 Å². The number of benzene rings is 2. The maximum Gasteiger partial charge on any atom is 0.251 e. The molecule has 2 aromatic rings. The maximum absolute atomic E-state index is 13.0. The molecule has 1 amide bonds. The molecule has 1 fully saturated rings. The Hall–Kier alpha value is -3.21. The second-order valence-corrected chi connectivity index (χ2v) is 12.7. The molecule has 2 aromatic carbocycles. The third kappa shape index (κ3) is 6.71. The van der Waals surface area contributed by atoms with Crippen LogP contribution in [0.15, 0.2) is 59.9 Å². The fourth-order valence-corrected chi connectivity index (χ4v) is 6.96. The van der Waals surface area contributed by atoms with Crippen LogP contribution in [-0.4, -0.2) is 28.2 Å². The number of nitrogens with one attached hydrogen (secondary N) is 1. The number of aliphatic imine (C=N–C) groups is 1. The number of halogens is 1. The van der Waals surface area contributed by atoms with Gasteiger partial charge in [-0.3, -0.25) is 9.79 Å². The van der Waals surface area contributed by atoms with E-state index in [2.05, 4.69) is 50.8 Å². The Kier molecular flexibility index (Phi) is 8.55. The maximum atomic E-state index is 13.0. The lowest BCUT2D eigenvalue weighted by Gasteiger charge is -2.44. The van der Waals surface area contributed by atoms with Gasteiger partial charge in [0.25, 0.3) is 5.91 Å². The monoisotopic (exact) mass is 522 g/mol. The number of nitrogens with two attached hydrogens (primary N) is 1. The Bertz CT molecular complexity index is 1240. The summed E-state index contributed by atoms with van der Waals surface area (Å²) in [5, 5.41) is 13.3. The van der Waals surface area contributed by atoms with E-state index in [-0.39, 0.29) is 26.5 Å². The van der Waals surface area contributed by atoms with E-state index >= 15 is 0 Å². The molecular weight excluding hydrogens is 492 g/mol. The number of hydrogen-bond acceptors (Lipinski definition) is 6. The van der Waals surface area contributed by atoms with Crippen molar-refractivity contribution in [3.63, 3.8) is 0 Å². The smallest absolute Gasteiger partial charge is 0.251 e. The van der Waals surface area contributed by atoms with Crippen molar-refractivity contribution in [2.24, 2.45) is 10.7 Å². The van der Waals surface area contributed by atoms with Crippen LogP contribution in [0.3, 0.4) is 0 Å². The first-order valence-corrected chi connectivity index (χ1v) is 12.7. The second-order valence-electron chi connectivity index (χ2n) is 9.86. The normalized spacial score (nSPS) is 17.4. The van der Waals surface area contributed by atoms with Gasteiger partial charge in [-0.2, -0.15) is 5.26 Å². The number of rotatable bonds is 7. The fraction of sp³-hybridized carbons (Fsp3) is 0.321. The number of hydrogen-bond donors (Lipinski definition) is 2. The Morgan fingerprint density at radius 1 is 1.25 bits per heavy atom. The number of carbonyl (C=O) groups excluding carboxylic acids is 1. The highest BCUT2D eigenvalue weighted by Gasteiger charge is 2.39. The summed E-state index contributed by atoms with van der Waals surface area (Å²) in [4.78, 5) is 16.8. The molecule has 3 N–H and O–H groups in total. The SMILES string of the molecule is C=N/C=C(\C=C/N)c1cccc(Oc2ccc(C(=O)NC3CC(C)(C)SC(C)(C)C3)cc2Cl)c1C#N. The number of amides is 1. The van der Waals surface area contributed by atoms with Crippen LogP contribution in [-0.2, 0) is 0 Å². The summed E-state index contributed by atoms with van der Waals surface area (Å²) in [7, 11) is 0. The molecule has 1 heterocycles. The summed E-state index contributed by atoms with van der Waals surface area (Å²) in [5.41, 5.74) is 7.49. The summed E-state index contributed by atoms with van der Waals surface area (Å²) in [5.74, 6) is 0.477. The molecule has 8 heteroatoms. The van der Waals surface area contributed by atoms with Gasteiger partial charge in [-0.1, -0.05) is 51.4 Å². The van der Waals surface area contributed by atoms with Crippen molar-refractivity contribution in [2.45, 2.75) is 56.1 Å². The molecule has 1 aliphatic rings. The number of thioether (sulfide) groups is 1. The lowest BCUT2D eigenvalue weighted by molar-refractivity contribution is 0.0927. The van der Waals surface area contributed by atoms with Crippen LogP contribution in [0.25, 0.3) is 5.57 Å². The van der Waals surface area contributed by atoms with Crippen molar-refractivity contribution in [2.75, 3.05) is 0 Å². The fourth-order valence-electron chi connectivity index (χ4n) is 4.68. The summed E-state index contributed by atoms with van der Waals surface area (Å²) in [6, 6.07) is 12.3. The minimum Gasteiger partial charge on any atom is -0.454 e. The van der Waals surface area contributed by atoms with Gasteiger partial charge >= 0.3 is 0 Å². The molecule has 0 aromatic heterocycles. The lowest BCUT2D eigenvalue weighted by Crippen LogP contribution is -2.47. The first-order chi connectivity index (χ1) is 17.0. The molecule has 1 saturated heterocycles. The second kappa shape index (κ2) is 11.2. The van der Waals surface area contributed by atoms with Crippen molar-refractivity contribution < 1.29 is 9.53 Å². The van der Waals surface area contributed by atoms with Gasteiger partial charge in [0.2, 0.25) is 0 Å². The highest BCUT2D eigenvalue weighted by Crippen LogP contribution is 2.47. The lowest BCUT2D eigenvalue weighted by atomic mass is 9.93. The zero-order valence-corrected chi connectivity index (χ0v) is 22.5. The predicted molar refractivity (Wildman–Crippen MR) is 150 cm³/mol. The van der Waals surface area contributed by atoms with Crippen molar-refractivity contribution >= 4 is 41.6 Å². The standard InChI is InChI=1S/C28H31ClN4O2S/c1-27(2)14-20(15-28(3,4)36-27)33-26(34)18-9-10-25(23(29)13-18)35-24-8-6-7-21(22(24)16-31)19(11-12-30)17-32-5/h6-13,17,20H,5,14-15,30H2,1-4H3,(H,33,34)/b12-11-,19-17+. The minimum absolute atomic E-state index is 0.0780. The van der Waals surface area contributed by atoms with Gasteiger partial charge in [-0.15, -0.1) is 11.8 Å². The van der Waals surface area contributed by atoms with Gasteiger partial charge in [-0.05, 0) is 56.1 Å². The number of ether oxygens (including phenoxy) is 1. The summed E-state index contributed by atoms with van der Waals surface area (Å²) < 4.78 is 6.16. The number of allylic oxidation sites excluding steroid dienone is 2. The third-order valence-electron chi connectivity index (χ3n) is 5.73. The zero-order chi connectivity index (χ0) is 26.5. The van der Waals surface area contributed by atoms with E-state index in [1.807, 2.05) is 11.8 Å². The Labute approximate surface area is 222 Å². The van der Waals surface area contributed by atoms with Crippen molar-refractivity contribution in [3.8, 4) is 17.6 Å². The Morgan fingerprint density at radius 3 is 2.53 bits per heavy atom. The van der Waals surface area contributed by atoms with Crippen LogP contribution in [0.5, 0.6) is 11.5 Å². The van der Waals surface area contributed by atoms with Crippen molar-refractivity contribution in [1.82, 2.24) is 5.32 Å². The molecule has 3 rings (SSSR count). The van der Waals surface area contributed by atoms with Gasteiger partial charge in [0, 0.05) is 38.4 Å². The molecule has 0 atom stereocenters. The van der Waals surface area contributed by atoms with E-state index in [1.165, 1.54) is 12.4 Å². The van der Waals surface area contributed by atoms with Crippen LogP contribution >= 0.6 is 23.4 Å². The molecule has 188 valence electrons. The molecule has 0 radical (unpaired) electrons. The van der Waals surface area contributed by atoms with E-state index in [9.17, 15) is 10.1 Å². The summed E-state index contributed by atoms with van der Waals surface area (Å²) >= 11 is 8.46. The van der Waals surface area contributed by atoms with Crippen LogP contribution in [0.4, 0.5) is 0 Å². The van der Waals surface area contributed by atoms with E-state index in [1.54, 1.807) is 42.5 Å². The molecule has 0 aliphatic carbocycles. The third-order valence-corrected chi connectivity index (χ3v) is 7.47. The Balaban J connectivity index is 1.82. The largest absolute Gasteiger partial charge is 0.454 e. The summed E-state index contributed by atoms with van der Waals surface area (Å²) in [6.45, 7) is 12.3. The first kappa shape index (κ1) is 27.4. The predicted octanol–water partition coefficient (Wildman–Crippen LogP) is 6.70. The molecule has 0 unspecified atom stereocenters. The number of carbonyl (C=O) groups is 1. The summed E-state index contributed by atoms with van der Waals surface area (Å²) in [6.07, 6.45) is 6.29. The molecule has 0 saturated carbocycles. The van der Waals surface area contributed by atoms with Crippen LogP contribution in [0.1, 0.15) is 62.0 Å². The van der Waals surface area contributed by atoms with Gasteiger partial charge in [0.15, 0.2) is 0 Å². The van der Waals surface area contributed by atoms with E-state index in [4.69, 9.17) is 22.1 Å². The zero-order valence-electron chi connectivity index (χ0n) is 21.0. The van der Waals surface area contributed by atoms with Gasteiger partial charge < -0.3 is 15.8 Å².